The van der Waals surface area contributed by atoms with Gasteiger partial charge in [0, 0.05) is 43.8 Å². The molecule has 146 valence electrons. The zero-order chi connectivity index (χ0) is 19.7. The third-order valence-corrected chi connectivity index (χ3v) is 5.12. The number of nitrogens with zero attached hydrogens (tertiary/aromatic N) is 3. The maximum Gasteiger partial charge on any atom is 0.283 e. The molecule has 0 aliphatic carbocycles. The van der Waals surface area contributed by atoms with Crippen molar-refractivity contribution in [1.82, 2.24) is 9.80 Å². The lowest BCUT2D eigenvalue weighted by molar-refractivity contribution is -0.385. The smallest absolute Gasteiger partial charge is 0.283 e. The van der Waals surface area contributed by atoms with Crippen LogP contribution >= 0.6 is 11.6 Å². The molecule has 2 aliphatic rings. The van der Waals surface area contributed by atoms with Gasteiger partial charge in [0.05, 0.1) is 4.92 Å². The lowest BCUT2D eigenvalue weighted by Crippen LogP contribution is -2.48. The van der Waals surface area contributed by atoms with Crippen LogP contribution in [0.3, 0.4) is 0 Å². The van der Waals surface area contributed by atoms with Crippen molar-refractivity contribution in [2.24, 2.45) is 0 Å². The molecule has 0 unspecified atom stereocenters. The standard InChI is InChI=1S/C19H18ClN3O5/c20-14-2-3-15(16(10-14)23(25)26)19(24)22-7-5-21(6-8-22)11-13-1-4-17-18(9-13)28-12-27-17/h1-4,9-10H,5-8,11-12H2. The van der Waals surface area contributed by atoms with Crippen LogP contribution in [0.2, 0.25) is 5.02 Å². The van der Waals surface area contributed by atoms with Gasteiger partial charge in [-0.2, -0.15) is 0 Å². The Kier molecular flexibility index (Phi) is 5.06. The number of rotatable bonds is 4. The molecule has 2 heterocycles. The molecular formula is C19H18ClN3O5. The van der Waals surface area contributed by atoms with E-state index in [1.165, 1.54) is 18.2 Å². The molecule has 1 fully saturated rings. The van der Waals surface area contributed by atoms with Crippen molar-refractivity contribution in [3.8, 4) is 11.5 Å². The van der Waals surface area contributed by atoms with E-state index in [9.17, 15) is 14.9 Å². The van der Waals surface area contributed by atoms with E-state index >= 15 is 0 Å². The number of nitro groups is 1. The first-order valence-electron chi connectivity index (χ1n) is 8.85. The van der Waals surface area contributed by atoms with E-state index in [0.29, 0.717) is 26.2 Å². The summed E-state index contributed by atoms with van der Waals surface area (Å²) in [6, 6.07) is 10.0. The van der Waals surface area contributed by atoms with Gasteiger partial charge in [-0.05, 0) is 29.8 Å². The summed E-state index contributed by atoms with van der Waals surface area (Å²) >= 11 is 5.83. The number of ether oxygens (including phenoxy) is 2. The average Bonchev–Trinajstić information content (AvgIpc) is 3.16. The Morgan fingerprint density at radius 2 is 1.82 bits per heavy atom. The van der Waals surface area contributed by atoms with Gasteiger partial charge in [0.25, 0.3) is 11.6 Å². The summed E-state index contributed by atoms with van der Waals surface area (Å²) in [5.41, 5.74) is 0.913. The molecule has 1 saturated heterocycles. The normalized spacial score (nSPS) is 16.2. The molecule has 2 aromatic rings. The zero-order valence-corrected chi connectivity index (χ0v) is 15.7. The van der Waals surface area contributed by atoms with Crippen molar-refractivity contribution >= 4 is 23.2 Å². The maximum atomic E-state index is 12.8. The minimum absolute atomic E-state index is 0.0682. The molecule has 8 nitrogen and oxygen atoms in total. The number of hydrogen-bond acceptors (Lipinski definition) is 6. The van der Waals surface area contributed by atoms with Crippen molar-refractivity contribution in [3.05, 3.63) is 62.7 Å². The second-order valence-corrected chi connectivity index (χ2v) is 7.11. The van der Waals surface area contributed by atoms with Crippen LogP contribution in [0, 0.1) is 10.1 Å². The van der Waals surface area contributed by atoms with E-state index in [0.717, 1.165) is 23.6 Å². The van der Waals surface area contributed by atoms with E-state index in [1.54, 1.807) is 4.90 Å². The molecule has 0 bridgehead atoms. The molecule has 0 atom stereocenters. The van der Waals surface area contributed by atoms with Gasteiger partial charge in [-0.15, -0.1) is 0 Å². The minimum atomic E-state index is -0.574. The fourth-order valence-corrected chi connectivity index (χ4v) is 3.58. The van der Waals surface area contributed by atoms with Gasteiger partial charge in [-0.3, -0.25) is 19.8 Å². The van der Waals surface area contributed by atoms with Crippen molar-refractivity contribution in [3.63, 3.8) is 0 Å². The van der Waals surface area contributed by atoms with Crippen LogP contribution in [0.25, 0.3) is 0 Å². The number of halogens is 1. The highest BCUT2D eigenvalue weighted by Crippen LogP contribution is 2.33. The van der Waals surface area contributed by atoms with Gasteiger partial charge in [-0.25, -0.2) is 0 Å². The second kappa shape index (κ2) is 7.65. The van der Waals surface area contributed by atoms with Crippen molar-refractivity contribution < 1.29 is 19.2 Å². The molecule has 28 heavy (non-hydrogen) atoms. The molecule has 0 aromatic heterocycles. The molecule has 1 amide bonds. The van der Waals surface area contributed by atoms with Crippen molar-refractivity contribution in [2.45, 2.75) is 6.54 Å². The summed E-state index contributed by atoms with van der Waals surface area (Å²) in [5.74, 6) is 1.16. The van der Waals surface area contributed by atoms with Crippen LogP contribution in [0.4, 0.5) is 5.69 Å². The molecule has 0 spiro atoms. The number of carbonyl (C=O) groups is 1. The number of fused-ring (bicyclic) bond motifs is 1. The third kappa shape index (κ3) is 3.74. The monoisotopic (exact) mass is 403 g/mol. The molecule has 0 saturated carbocycles. The van der Waals surface area contributed by atoms with Crippen LogP contribution in [-0.4, -0.2) is 53.6 Å². The largest absolute Gasteiger partial charge is 0.454 e. The number of benzene rings is 2. The molecule has 2 aromatic carbocycles. The van der Waals surface area contributed by atoms with Crippen LogP contribution in [-0.2, 0) is 6.54 Å². The summed E-state index contributed by atoms with van der Waals surface area (Å²) in [7, 11) is 0. The average molecular weight is 404 g/mol. The van der Waals surface area contributed by atoms with Gasteiger partial charge in [0.1, 0.15) is 5.56 Å². The Labute approximate surface area is 166 Å². The van der Waals surface area contributed by atoms with E-state index in [4.69, 9.17) is 21.1 Å². The van der Waals surface area contributed by atoms with E-state index in [1.807, 2.05) is 18.2 Å². The van der Waals surface area contributed by atoms with Crippen molar-refractivity contribution in [1.29, 1.82) is 0 Å². The van der Waals surface area contributed by atoms with E-state index in [2.05, 4.69) is 4.90 Å². The van der Waals surface area contributed by atoms with Crippen LogP contribution in [0.5, 0.6) is 11.5 Å². The number of piperazine rings is 1. The topological polar surface area (TPSA) is 85.2 Å². The molecule has 9 heteroatoms. The molecular weight excluding hydrogens is 386 g/mol. The van der Waals surface area contributed by atoms with Crippen LogP contribution < -0.4 is 9.47 Å². The minimum Gasteiger partial charge on any atom is -0.454 e. The highest BCUT2D eigenvalue weighted by atomic mass is 35.5. The van der Waals surface area contributed by atoms with Gasteiger partial charge < -0.3 is 14.4 Å². The predicted octanol–water partition coefficient (Wildman–Crippen LogP) is 2.93. The number of amides is 1. The fourth-order valence-electron chi connectivity index (χ4n) is 3.41. The highest BCUT2D eigenvalue weighted by Gasteiger charge is 2.28. The summed E-state index contributed by atoms with van der Waals surface area (Å²) in [6.07, 6.45) is 0. The molecule has 2 aliphatic heterocycles. The number of hydrogen-bond donors (Lipinski definition) is 0. The number of nitro benzene ring substituents is 1. The first-order valence-corrected chi connectivity index (χ1v) is 9.23. The third-order valence-electron chi connectivity index (χ3n) is 4.89. The zero-order valence-electron chi connectivity index (χ0n) is 15.0. The lowest BCUT2D eigenvalue weighted by Gasteiger charge is -2.34. The maximum absolute atomic E-state index is 12.8. The van der Waals surface area contributed by atoms with Gasteiger partial charge in [0.15, 0.2) is 11.5 Å². The summed E-state index contributed by atoms with van der Waals surface area (Å²) in [4.78, 5) is 27.3. The summed E-state index contributed by atoms with van der Waals surface area (Å²) in [6.45, 7) is 3.35. The Morgan fingerprint density at radius 1 is 1.07 bits per heavy atom. The Balaban J connectivity index is 1.39. The Morgan fingerprint density at radius 3 is 2.57 bits per heavy atom. The SMILES string of the molecule is O=C(c1ccc(Cl)cc1[N+](=O)[O-])N1CCN(Cc2ccc3c(c2)OCO3)CC1. The predicted molar refractivity (Wildman–Crippen MR) is 102 cm³/mol. The highest BCUT2D eigenvalue weighted by molar-refractivity contribution is 6.31. The van der Waals surface area contributed by atoms with Crippen molar-refractivity contribution in [2.75, 3.05) is 33.0 Å². The molecule has 4 rings (SSSR count). The van der Waals surface area contributed by atoms with E-state index in [-0.39, 0.29) is 29.0 Å². The van der Waals surface area contributed by atoms with E-state index < -0.39 is 4.92 Å². The number of carbonyl (C=O) groups excluding carboxylic acids is 1. The van der Waals surface area contributed by atoms with Crippen LogP contribution in [0.15, 0.2) is 36.4 Å². The molecule has 0 radical (unpaired) electrons. The summed E-state index contributed by atoms with van der Waals surface area (Å²) < 4.78 is 10.7. The Bertz CT molecular complexity index is 928. The fraction of sp³-hybridized carbons (Fsp3) is 0.316. The first-order chi connectivity index (χ1) is 13.5. The quantitative estimate of drug-likeness (QED) is 0.576. The lowest BCUT2D eigenvalue weighted by atomic mass is 10.1. The van der Waals surface area contributed by atoms with Gasteiger partial charge in [-0.1, -0.05) is 17.7 Å². The van der Waals surface area contributed by atoms with Gasteiger partial charge in [0.2, 0.25) is 6.79 Å². The Hall–Kier alpha value is -2.84. The second-order valence-electron chi connectivity index (χ2n) is 6.67. The van der Waals surface area contributed by atoms with Crippen LogP contribution in [0.1, 0.15) is 15.9 Å². The van der Waals surface area contributed by atoms with Gasteiger partial charge >= 0.3 is 0 Å². The summed E-state index contributed by atoms with van der Waals surface area (Å²) in [5, 5.41) is 11.5. The molecule has 0 N–H and O–H groups in total. The first kappa shape index (κ1) is 18.5.